The van der Waals surface area contributed by atoms with Crippen LogP contribution in [0.3, 0.4) is 0 Å². The third-order valence-corrected chi connectivity index (χ3v) is 0.777. The Hall–Kier alpha value is -0.790. The van der Waals surface area contributed by atoms with Crippen LogP contribution in [0.5, 0.6) is 0 Å². The van der Waals surface area contributed by atoms with Crippen LogP contribution in [0, 0.1) is 6.42 Å². The molecule has 1 radical (unpaired) electrons. The minimum absolute atomic E-state index is 0.0333. The summed E-state index contributed by atoms with van der Waals surface area (Å²) < 4.78 is 4.81. The molecule has 0 bridgehead atoms. The van der Waals surface area contributed by atoms with E-state index in [-0.39, 0.29) is 12.1 Å². The van der Waals surface area contributed by atoms with Crippen LogP contribution >= 0.6 is 0 Å². The first kappa shape index (κ1) is 9.21. The van der Waals surface area contributed by atoms with Crippen LogP contribution in [-0.4, -0.2) is 12.1 Å². The highest BCUT2D eigenvalue weighted by molar-refractivity contribution is 5.82. The predicted octanol–water partition coefficient (Wildman–Crippen LogP) is 1.72. The molecule has 2 heteroatoms. The van der Waals surface area contributed by atoms with Crippen molar-refractivity contribution in [3.05, 3.63) is 18.6 Å². The Morgan fingerprint density at radius 1 is 1.50 bits per heavy atom. The van der Waals surface area contributed by atoms with Gasteiger partial charge in [0.2, 0.25) is 0 Å². The van der Waals surface area contributed by atoms with Gasteiger partial charge in [0.15, 0.2) is 0 Å². The van der Waals surface area contributed by atoms with E-state index in [1.165, 1.54) is 6.08 Å². The van der Waals surface area contributed by atoms with Crippen molar-refractivity contribution < 1.29 is 9.53 Å². The largest absolute Gasteiger partial charge is 0.460 e. The van der Waals surface area contributed by atoms with E-state index in [1.54, 1.807) is 12.5 Å². The van der Waals surface area contributed by atoms with Crippen LogP contribution in [0.15, 0.2) is 12.2 Å². The summed E-state index contributed by atoms with van der Waals surface area (Å²) >= 11 is 0. The molecule has 0 aromatic carbocycles. The van der Waals surface area contributed by atoms with Gasteiger partial charge in [-0.25, -0.2) is 4.79 Å². The first-order valence-corrected chi connectivity index (χ1v) is 3.33. The van der Waals surface area contributed by atoms with Gasteiger partial charge in [0.25, 0.3) is 0 Å². The molecule has 0 unspecified atom stereocenters. The molecule has 0 amide bonds. The summed E-state index contributed by atoms with van der Waals surface area (Å²) in [5.74, 6) is -0.284. The molecule has 2 nitrogen and oxygen atoms in total. The van der Waals surface area contributed by atoms with Crippen molar-refractivity contribution in [3.63, 3.8) is 0 Å². The molecule has 0 N–H and O–H groups in total. The second kappa shape index (κ2) is 5.03. The molecule has 57 valence electrons. The molecule has 0 aliphatic rings. The molecule has 0 aliphatic carbocycles. The van der Waals surface area contributed by atoms with Crippen molar-refractivity contribution in [2.75, 3.05) is 0 Å². The normalized spacial score (nSPS) is 10.8. The van der Waals surface area contributed by atoms with Crippen LogP contribution in [-0.2, 0) is 9.53 Å². The van der Waals surface area contributed by atoms with Crippen LogP contribution in [0.25, 0.3) is 0 Å². The van der Waals surface area contributed by atoms with Crippen molar-refractivity contribution in [2.45, 2.75) is 26.9 Å². The Labute approximate surface area is 61.9 Å². The maximum absolute atomic E-state index is 10.7. The van der Waals surface area contributed by atoms with E-state index in [2.05, 4.69) is 0 Å². The number of carbonyl (C=O) groups is 1. The van der Waals surface area contributed by atoms with Crippen LogP contribution < -0.4 is 0 Å². The smallest absolute Gasteiger partial charge is 0.330 e. The van der Waals surface area contributed by atoms with Gasteiger partial charge in [-0.15, -0.1) is 0 Å². The molecule has 0 rings (SSSR count). The summed E-state index contributed by atoms with van der Waals surface area (Å²) in [6.07, 6.45) is 4.81. The lowest BCUT2D eigenvalue weighted by molar-refractivity contribution is -0.141. The Bertz CT molecular complexity index is 125. The van der Waals surface area contributed by atoms with Gasteiger partial charge in [0.05, 0.1) is 6.10 Å². The fraction of sp³-hybridized carbons (Fsp3) is 0.500. The van der Waals surface area contributed by atoms with E-state index in [4.69, 9.17) is 4.74 Å². The SMILES string of the molecule is C[CH]C=CC(=O)OC(C)C. The summed E-state index contributed by atoms with van der Waals surface area (Å²) in [4.78, 5) is 10.7. The molecular weight excluding hydrogens is 128 g/mol. The average molecular weight is 141 g/mol. The van der Waals surface area contributed by atoms with Crippen molar-refractivity contribution in [2.24, 2.45) is 0 Å². The first-order valence-electron chi connectivity index (χ1n) is 3.33. The van der Waals surface area contributed by atoms with Crippen LogP contribution in [0.1, 0.15) is 20.8 Å². The molecule has 0 spiro atoms. The summed E-state index contributed by atoms with van der Waals surface area (Å²) in [6, 6.07) is 0. The standard InChI is InChI=1S/C8H13O2/c1-4-5-6-8(9)10-7(2)3/h4-7H,1-3H3. The second-order valence-corrected chi connectivity index (χ2v) is 2.18. The number of carbonyl (C=O) groups excluding carboxylic acids is 1. The highest BCUT2D eigenvalue weighted by atomic mass is 16.5. The molecule has 10 heavy (non-hydrogen) atoms. The molecule has 0 heterocycles. The van der Waals surface area contributed by atoms with E-state index < -0.39 is 0 Å². The molecule has 0 aromatic rings. The zero-order valence-electron chi connectivity index (χ0n) is 6.63. The van der Waals surface area contributed by atoms with E-state index in [1.807, 2.05) is 20.8 Å². The third kappa shape index (κ3) is 5.35. The van der Waals surface area contributed by atoms with Crippen molar-refractivity contribution >= 4 is 5.97 Å². The summed E-state index contributed by atoms with van der Waals surface area (Å²) in [6.45, 7) is 5.49. The Morgan fingerprint density at radius 3 is 2.50 bits per heavy atom. The van der Waals surface area contributed by atoms with Gasteiger partial charge in [-0.1, -0.05) is 13.0 Å². The van der Waals surface area contributed by atoms with E-state index in [0.29, 0.717) is 0 Å². The van der Waals surface area contributed by atoms with Crippen molar-refractivity contribution in [1.29, 1.82) is 0 Å². The first-order chi connectivity index (χ1) is 4.66. The van der Waals surface area contributed by atoms with E-state index in [0.717, 1.165) is 0 Å². The number of esters is 1. The topological polar surface area (TPSA) is 26.3 Å². The van der Waals surface area contributed by atoms with Gasteiger partial charge in [0, 0.05) is 6.08 Å². The maximum atomic E-state index is 10.7. The predicted molar refractivity (Wildman–Crippen MR) is 40.3 cm³/mol. The molecule has 0 aliphatic heterocycles. The van der Waals surface area contributed by atoms with Gasteiger partial charge in [-0.2, -0.15) is 0 Å². The van der Waals surface area contributed by atoms with Crippen molar-refractivity contribution in [1.82, 2.24) is 0 Å². The second-order valence-electron chi connectivity index (χ2n) is 2.18. The molecule has 0 saturated heterocycles. The quantitative estimate of drug-likeness (QED) is 0.442. The van der Waals surface area contributed by atoms with Gasteiger partial charge in [-0.3, -0.25) is 0 Å². The molecule has 0 saturated carbocycles. The number of hydrogen-bond donors (Lipinski definition) is 0. The monoisotopic (exact) mass is 141 g/mol. The zero-order valence-corrected chi connectivity index (χ0v) is 6.63. The van der Waals surface area contributed by atoms with Gasteiger partial charge < -0.3 is 4.74 Å². The number of allylic oxidation sites excluding steroid dienone is 1. The number of hydrogen-bond acceptors (Lipinski definition) is 2. The summed E-state index contributed by atoms with van der Waals surface area (Å²) in [5.41, 5.74) is 0. The fourth-order valence-corrected chi connectivity index (χ4v) is 0.446. The minimum atomic E-state index is -0.284. The van der Waals surface area contributed by atoms with E-state index in [9.17, 15) is 4.79 Å². The Kier molecular flexibility index (Phi) is 4.63. The lowest BCUT2D eigenvalue weighted by Gasteiger charge is -2.03. The van der Waals surface area contributed by atoms with Gasteiger partial charge in [0.1, 0.15) is 0 Å². The maximum Gasteiger partial charge on any atom is 0.330 e. The van der Waals surface area contributed by atoms with Gasteiger partial charge in [-0.05, 0) is 20.3 Å². The van der Waals surface area contributed by atoms with Crippen LogP contribution in [0.4, 0.5) is 0 Å². The zero-order chi connectivity index (χ0) is 7.98. The lowest BCUT2D eigenvalue weighted by atomic mass is 10.4. The van der Waals surface area contributed by atoms with Gasteiger partial charge >= 0.3 is 5.97 Å². The van der Waals surface area contributed by atoms with Crippen LogP contribution in [0.2, 0.25) is 0 Å². The third-order valence-electron chi connectivity index (χ3n) is 0.777. The average Bonchev–Trinajstić information content (AvgIpc) is 1.82. The van der Waals surface area contributed by atoms with Crippen molar-refractivity contribution in [3.8, 4) is 0 Å². The minimum Gasteiger partial charge on any atom is -0.460 e. The molecule has 0 fully saturated rings. The Morgan fingerprint density at radius 2 is 2.10 bits per heavy atom. The summed E-state index contributed by atoms with van der Waals surface area (Å²) in [7, 11) is 0. The fourth-order valence-electron chi connectivity index (χ4n) is 0.446. The highest BCUT2D eigenvalue weighted by Crippen LogP contribution is 1.90. The molecular formula is C8H13O2. The molecule has 0 atom stereocenters. The number of ether oxygens (including phenoxy) is 1. The summed E-state index contributed by atoms with van der Waals surface area (Å²) in [5, 5.41) is 0. The Balaban J connectivity index is 3.54. The molecule has 0 aromatic heterocycles. The highest BCUT2D eigenvalue weighted by Gasteiger charge is 1.97. The van der Waals surface area contributed by atoms with E-state index >= 15 is 0 Å². The number of rotatable bonds is 3. The lowest BCUT2D eigenvalue weighted by Crippen LogP contribution is -2.08.